The van der Waals surface area contributed by atoms with Gasteiger partial charge in [0.25, 0.3) is 0 Å². The van der Waals surface area contributed by atoms with Crippen molar-refractivity contribution in [1.29, 1.82) is 0 Å². The molecular weight excluding hydrogens is 618 g/mol. The first-order valence-corrected chi connectivity index (χ1v) is 16.6. The summed E-state index contributed by atoms with van der Waals surface area (Å²) in [6, 6.07) is 21.2. The molecule has 1 aliphatic heterocycles. The van der Waals surface area contributed by atoms with E-state index in [1.165, 1.54) is 18.5 Å². The normalized spacial score (nSPS) is 15.6. The lowest BCUT2D eigenvalue weighted by Crippen LogP contribution is -2.31. The molecule has 12 heteroatoms. The average molecular weight is 651 g/mol. The molecule has 1 fully saturated rings. The number of ether oxygens (including phenoxy) is 1. The third kappa shape index (κ3) is 7.90. The second kappa shape index (κ2) is 13.3. The SMILES string of the molecule is CC1(C)COP(=O)(CCNCc2ccc(-c3ccc4ncnc(Nc5ccc(OCc6cccc(F)c6)c(Cl)c5)c4c3)o2)OC1. The van der Waals surface area contributed by atoms with E-state index in [0.29, 0.717) is 66.1 Å². The average Bonchev–Trinajstić information content (AvgIpc) is 3.50. The molecule has 0 unspecified atom stereocenters. The van der Waals surface area contributed by atoms with Crippen molar-refractivity contribution in [3.63, 3.8) is 0 Å². The Balaban J connectivity index is 1.09. The van der Waals surface area contributed by atoms with Gasteiger partial charge in [0.05, 0.1) is 36.5 Å². The summed E-state index contributed by atoms with van der Waals surface area (Å²) in [4.78, 5) is 8.87. The van der Waals surface area contributed by atoms with Gasteiger partial charge < -0.3 is 28.8 Å². The molecule has 5 aromatic rings. The van der Waals surface area contributed by atoms with E-state index >= 15 is 0 Å². The maximum atomic E-state index is 13.5. The van der Waals surface area contributed by atoms with E-state index in [0.717, 1.165) is 22.2 Å². The van der Waals surface area contributed by atoms with Crippen molar-refractivity contribution in [2.45, 2.75) is 27.0 Å². The summed E-state index contributed by atoms with van der Waals surface area (Å²) in [5, 5.41) is 7.79. The van der Waals surface area contributed by atoms with Crippen LogP contribution in [0.5, 0.6) is 5.75 Å². The standard InChI is InChI=1S/C33H33ClFN4O5P/c1-33(2)19-42-45(40,43-20-33)13-12-36-17-26-8-11-30(44-26)23-6-9-29-27(15-23)32(38-21-37-29)39-25-7-10-31(28(34)16-25)41-18-22-4-3-5-24(35)14-22/h3-11,14-16,21,36H,12-13,17-20H2,1-2H3,(H,37,38,39). The summed E-state index contributed by atoms with van der Waals surface area (Å²) in [5.74, 6) is 2.21. The Morgan fingerprint density at radius 3 is 2.67 bits per heavy atom. The fraction of sp³-hybridized carbons (Fsp3) is 0.273. The van der Waals surface area contributed by atoms with Crippen LogP contribution in [0, 0.1) is 11.2 Å². The Hall–Kier alpha value is -3.79. The Morgan fingerprint density at radius 2 is 1.87 bits per heavy atom. The number of benzene rings is 3. The largest absolute Gasteiger partial charge is 0.487 e. The summed E-state index contributed by atoms with van der Waals surface area (Å²) in [6.45, 7) is 6.03. The quantitative estimate of drug-likeness (QED) is 0.108. The minimum atomic E-state index is -3.07. The highest BCUT2D eigenvalue weighted by molar-refractivity contribution is 7.53. The van der Waals surface area contributed by atoms with Crippen molar-refractivity contribution in [3.8, 4) is 17.1 Å². The lowest BCUT2D eigenvalue weighted by atomic mass is 9.97. The molecule has 0 aliphatic carbocycles. The van der Waals surface area contributed by atoms with Gasteiger partial charge in [-0.05, 0) is 66.2 Å². The van der Waals surface area contributed by atoms with Gasteiger partial charge in [0.15, 0.2) is 0 Å². The van der Waals surface area contributed by atoms with E-state index in [1.807, 2.05) is 50.2 Å². The molecule has 6 rings (SSSR count). The first-order chi connectivity index (χ1) is 21.6. The number of nitrogens with one attached hydrogen (secondary N) is 2. The molecule has 0 spiro atoms. The monoisotopic (exact) mass is 650 g/mol. The van der Waals surface area contributed by atoms with Crippen LogP contribution < -0.4 is 15.4 Å². The zero-order valence-corrected chi connectivity index (χ0v) is 26.5. The Bertz CT molecular complexity index is 1850. The third-order valence-electron chi connectivity index (χ3n) is 7.23. The van der Waals surface area contributed by atoms with Crippen LogP contribution in [0.3, 0.4) is 0 Å². The minimum Gasteiger partial charge on any atom is -0.487 e. The number of hydrogen-bond donors (Lipinski definition) is 2. The highest BCUT2D eigenvalue weighted by atomic mass is 35.5. The molecule has 9 nitrogen and oxygen atoms in total. The van der Waals surface area contributed by atoms with Crippen molar-refractivity contribution >= 4 is 41.6 Å². The maximum Gasteiger partial charge on any atom is 0.331 e. The van der Waals surface area contributed by atoms with Crippen molar-refractivity contribution < 1.29 is 27.2 Å². The van der Waals surface area contributed by atoms with Crippen LogP contribution >= 0.6 is 19.2 Å². The molecule has 0 saturated carbocycles. The van der Waals surface area contributed by atoms with Gasteiger partial charge in [-0.25, -0.2) is 14.4 Å². The molecule has 1 aliphatic rings. The first-order valence-electron chi connectivity index (χ1n) is 14.5. The van der Waals surface area contributed by atoms with E-state index in [9.17, 15) is 8.96 Å². The number of halogens is 2. The van der Waals surface area contributed by atoms with E-state index in [1.54, 1.807) is 24.3 Å². The summed E-state index contributed by atoms with van der Waals surface area (Å²) >= 11 is 6.51. The number of aromatic nitrogens is 2. The second-order valence-electron chi connectivity index (χ2n) is 11.6. The van der Waals surface area contributed by atoms with Crippen LogP contribution in [0.1, 0.15) is 25.2 Å². The molecule has 2 N–H and O–H groups in total. The topological polar surface area (TPSA) is 108 Å². The van der Waals surface area contributed by atoms with Crippen LogP contribution in [0.25, 0.3) is 22.2 Å². The summed E-state index contributed by atoms with van der Waals surface area (Å²) in [5.41, 5.74) is 2.92. The van der Waals surface area contributed by atoms with Crippen LogP contribution in [0.2, 0.25) is 5.02 Å². The van der Waals surface area contributed by atoms with Gasteiger partial charge in [0.1, 0.15) is 41.8 Å². The van der Waals surface area contributed by atoms with Gasteiger partial charge in [-0.1, -0.05) is 37.6 Å². The van der Waals surface area contributed by atoms with Crippen LogP contribution in [-0.4, -0.2) is 35.9 Å². The van der Waals surface area contributed by atoms with E-state index in [-0.39, 0.29) is 17.8 Å². The van der Waals surface area contributed by atoms with Gasteiger partial charge >= 0.3 is 7.60 Å². The van der Waals surface area contributed by atoms with Gasteiger partial charge in [0, 0.05) is 28.6 Å². The smallest absolute Gasteiger partial charge is 0.331 e. The lowest BCUT2D eigenvalue weighted by molar-refractivity contribution is 0.0416. The number of rotatable bonds is 11. The number of fused-ring (bicyclic) bond motifs is 1. The second-order valence-corrected chi connectivity index (χ2v) is 14.2. The number of hydrogen-bond acceptors (Lipinski definition) is 9. The van der Waals surface area contributed by atoms with Crippen molar-refractivity contribution in [1.82, 2.24) is 15.3 Å². The van der Waals surface area contributed by atoms with E-state index in [2.05, 4.69) is 20.6 Å². The van der Waals surface area contributed by atoms with Crippen molar-refractivity contribution in [2.75, 3.05) is 31.2 Å². The number of anilines is 2. The van der Waals surface area contributed by atoms with Crippen molar-refractivity contribution in [2.24, 2.45) is 5.41 Å². The number of furan rings is 1. The van der Waals surface area contributed by atoms with E-state index < -0.39 is 7.60 Å². The predicted octanol–water partition coefficient (Wildman–Crippen LogP) is 8.36. The molecule has 0 radical (unpaired) electrons. The molecule has 0 atom stereocenters. The molecular formula is C33H33ClFN4O5P. The Kier molecular flexibility index (Phi) is 9.21. The molecule has 1 saturated heterocycles. The number of nitrogens with zero attached hydrogens (tertiary/aromatic N) is 2. The van der Waals surface area contributed by atoms with Crippen LogP contribution in [0.4, 0.5) is 15.9 Å². The first kappa shape index (κ1) is 31.2. The van der Waals surface area contributed by atoms with Gasteiger partial charge in [-0.3, -0.25) is 4.57 Å². The molecule has 3 aromatic carbocycles. The zero-order valence-electron chi connectivity index (χ0n) is 24.9. The van der Waals surface area contributed by atoms with Crippen molar-refractivity contribution in [3.05, 3.63) is 101 Å². The molecule has 2 aromatic heterocycles. The third-order valence-corrected chi connectivity index (χ3v) is 9.34. The maximum absolute atomic E-state index is 13.5. The van der Waals surface area contributed by atoms with E-state index in [4.69, 9.17) is 29.8 Å². The summed E-state index contributed by atoms with van der Waals surface area (Å²) in [6.07, 6.45) is 1.80. The van der Waals surface area contributed by atoms with Gasteiger partial charge in [-0.2, -0.15) is 0 Å². The van der Waals surface area contributed by atoms with Gasteiger partial charge in [0.2, 0.25) is 0 Å². The molecule has 45 heavy (non-hydrogen) atoms. The molecule has 234 valence electrons. The lowest BCUT2D eigenvalue weighted by Gasteiger charge is -2.34. The summed E-state index contributed by atoms with van der Waals surface area (Å²) < 4.78 is 49.2. The highest BCUT2D eigenvalue weighted by Gasteiger charge is 2.35. The highest BCUT2D eigenvalue weighted by Crippen LogP contribution is 2.53. The predicted molar refractivity (Wildman–Crippen MR) is 173 cm³/mol. The molecule has 0 amide bonds. The van der Waals surface area contributed by atoms with Crippen LogP contribution in [0.15, 0.2) is 83.5 Å². The van der Waals surface area contributed by atoms with Gasteiger partial charge in [-0.15, -0.1) is 0 Å². The Labute approximate surface area is 265 Å². The fourth-order valence-corrected chi connectivity index (χ4v) is 6.83. The fourth-order valence-electron chi connectivity index (χ4n) is 4.74. The zero-order chi connectivity index (χ0) is 31.4. The minimum absolute atomic E-state index is 0.125. The Morgan fingerprint density at radius 1 is 1.02 bits per heavy atom. The molecule has 3 heterocycles. The van der Waals surface area contributed by atoms with Crippen LogP contribution in [-0.2, 0) is 26.8 Å². The summed E-state index contributed by atoms with van der Waals surface area (Å²) in [7, 11) is -3.07. The molecule has 0 bridgehead atoms.